The van der Waals surface area contributed by atoms with Crippen molar-refractivity contribution in [3.8, 4) is 0 Å². The average Bonchev–Trinajstić information content (AvgIpc) is 3.01. The maximum atomic E-state index is 13.3. The number of aryl methyl sites for hydroxylation is 1. The molecule has 0 heterocycles. The summed E-state index contributed by atoms with van der Waals surface area (Å²) in [5.41, 5.74) is 2.57. The highest BCUT2D eigenvalue weighted by Crippen LogP contribution is 2.23. The maximum Gasteiger partial charge on any atom is 0.329 e. The van der Waals surface area contributed by atoms with Crippen LogP contribution in [0, 0.1) is 12.8 Å². The fourth-order valence-corrected chi connectivity index (χ4v) is 5.38. The zero-order valence-corrected chi connectivity index (χ0v) is 28.7. The lowest BCUT2D eigenvalue weighted by molar-refractivity contribution is -0.160. The quantitative estimate of drug-likeness (QED) is 0.105. The predicted octanol–water partition coefficient (Wildman–Crippen LogP) is 6.69. The number of amides is 4. The summed E-state index contributed by atoms with van der Waals surface area (Å²) >= 11 is 1.36. The standard InChI is InChI=1S/C36H46N4O6S/c1-24(2)22-36(4,5)46-33(42)31(20-27-15-11-8-12-16-27)40-35(44)38-29-21-28(18-17-25(29)3)37-34(43)39-30(32(41)45-23-47-6)19-26-13-9-7-10-14-26/h7-18,21,24,30-31H,19-20,22-23H2,1-6H3,(H2,37,39,43)(H2,38,40,44)/t30-,31-/m0/s1. The predicted molar refractivity (Wildman–Crippen MR) is 187 cm³/mol. The minimum absolute atomic E-state index is 0.169. The zero-order valence-electron chi connectivity index (χ0n) is 27.9. The Bertz CT molecular complexity index is 1480. The fourth-order valence-electron chi connectivity index (χ4n) is 5.15. The Morgan fingerprint density at radius 2 is 1.30 bits per heavy atom. The second kappa shape index (κ2) is 18.0. The van der Waals surface area contributed by atoms with Gasteiger partial charge in [0.1, 0.15) is 23.6 Å². The van der Waals surface area contributed by atoms with Crippen LogP contribution in [0.4, 0.5) is 21.0 Å². The van der Waals surface area contributed by atoms with E-state index in [0.29, 0.717) is 23.7 Å². The van der Waals surface area contributed by atoms with E-state index in [0.717, 1.165) is 16.7 Å². The van der Waals surface area contributed by atoms with Gasteiger partial charge in [-0.15, -0.1) is 11.8 Å². The Morgan fingerprint density at radius 1 is 0.766 bits per heavy atom. The van der Waals surface area contributed by atoms with Crippen LogP contribution >= 0.6 is 11.8 Å². The Morgan fingerprint density at radius 3 is 1.83 bits per heavy atom. The molecule has 47 heavy (non-hydrogen) atoms. The normalized spacial score (nSPS) is 12.4. The van der Waals surface area contributed by atoms with Gasteiger partial charge in [0.15, 0.2) is 0 Å². The van der Waals surface area contributed by atoms with Crippen LogP contribution in [0.1, 0.15) is 50.8 Å². The second-order valence-corrected chi connectivity index (χ2v) is 13.2. The number of rotatable bonds is 15. The summed E-state index contributed by atoms with van der Waals surface area (Å²) in [7, 11) is 0. The summed E-state index contributed by atoms with van der Waals surface area (Å²) in [6, 6.07) is 20.7. The highest BCUT2D eigenvalue weighted by molar-refractivity contribution is 7.98. The molecule has 0 aliphatic carbocycles. The summed E-state index contributed by atoms with van der Waals surface area (Å²) in [4.78, 5) is 52.3. The molecule has 3 rings (SSSR count). The molecule has 0 aromatic heterocycles. The van der Waals surface area contributed by atoms with Crippen LogP contribution in [-0.2, 0) is 31.9 Å². The molecule has 0 fully saturated rings. The van der Waals surface area contributed by atoms with Crippen molar-refractivity contribution in [2.45, 2.75) is 71.6 Å². The van der Waals surface area contributed by atoms with E-state index in [2.05, 4.69) is 35.1 Å². The van der Waals surface area contributed by atoms with Crippen molar-refractivity contribution < 1.29 is 28.7 Å². The number of esters is 2. The Labute approximate surface area is 281 Å². The number of hydrogen-bond donors (Lipinski definition) is 4. The van der Waals surface area contributed by atoms with Gasteiger partial charge in [-0.25, -0.2) is 19.2 Å². The first-order valence-electron chi connectivity index (χ1n) is 15.6. The molecule has 4 N–H and O–H groups in total. The lowest BCUT2D eigenvalue weighted by Gasteiger charge is -2.29. The van der Waals surface area contributed by atoms with Crippen molar-refractivity contribution in [3.63, 3.8) is 0 Å². The topological polar surface area (TPSA) is 135 Å². The first-order chi connectivity index (χ1) is 22.3. The molecule has 252 valence electrons. The highest BCUT2D eigenvalue weighted by atomic mass is 32.2. The molecule has 0 saturated heterocycles. The van der Waals surface area contributed by atoms with E-state index in [1.165, 1.54) is 11.8 Å². The molecule has 0 aliphatic rings. The van der Waals surface area contributed by atoms with Gasteiger partial charge in [-0.2, -0.15) is 0 Å². The first kappa shape index (κ1) is 37.0. The van der Waals surface area contributed by atoms with Crippen LogP contribution in [0.15, 0.2) is 78.9 Å². The molecular formula is C36H46N4O6S. The van der Waals surface area contributed by atoms with E-state index < -0.39 is 41.7 Å². The van der Waals surface area contributed by atoms with Gasteiger partial charge in [0.05, 0.1) is 0 Å². The second-order valence-electron chi connectivity index (χ2n) is 12.4. The summed E-state index contributed by atoms with van der Waals surface area (Å²) in [5.74, 6) is -0.587. The Kier molecular flexibility index (Phi) is 14.1. The molecule has 2 atom stereocenters. The molecule has 10 nitrogen and oxygen atoms in total. The van der Waals surface area contributed by atoms with Crippen molar-refractivity contribution in [1.82, 2.24) is 10.6 Å². The van der Waals surface area contributed by atoms with Gasteiger partial charge in [0, 0.05) is 24.2 Å². The molecule has 0 radical (unpaired) electrons. The molecule has 0 spiro atoms. The van der Waals surface area contributed by atoms with E-state index in [1.54, 1.807) is 25.1 Å². The number of hydrogen-bond acceptors (Lipinski definition) is 7. The van der Waals surface area contributed by atoms with E-state index >= 15 is 0 Å². The van der Waals surface area contributed by atoms with Gasteiger partial charge >= 0.3 is 24.0 Å². The van der Waals surface area contributed by atoms with Gasteiger partial charge < -0.3 is 30.7 Å². The summed E-state index contributed by atoms with van der Waals surface area (Å²) < 4.78 is 11.1. The molecule has 0 bridgehead atoms. The Hall–Kier alpha value is -4.51. The molecule has 3 aromatic rings. The van der Waals surface area contributed by atoms with Gasteiger partial charge in [-0.05, 0) is 68.2 Å². The smallest absolute Gasteiger partial charge is 0.329 e. The van der Waals surface area contributed by atoms with Gasteiger partial charge in [0.25, 0.3) is 0 Å². The number of nitrogens with one attached hydrogen (secondary N) is 4. The average molecular weight is 663 g/mol. The van der Waals surface area contributed by atoms with Crippen molar-refractivity contribution in [2.75, 3.05) is 22.8 Å². The number of carbonyl (C=O) groups is 4. The fraction of sp³-hybridized carbons (Fsp3) is 0.389. The van der Waals surface area contributed by atoms with Gasteiger partial charge in [-0.3, -0.25) is 0 Å². The SMILES string of the molecule is CSCOC(=O)[C@H](Cc1ccccc1)NC(=O)Nc1ccc(C)c(NC(=O)N[C@@H](Cc2ccccc2)C(=O)OC(C)(C)CC(C)C)c1. The molecule has 0 saturated carbocycles. The van der Waals surface area contributed by atoms with Gasteiger partial charge in [-0.1, -0.05) is 80.6 Å². The third-order valence-corrected chi connectivity index (χ3v) is 7.44. The number of carbonyl (C=O) groups excluding carboxylic acids is 4. The summed E-state index contributed by atoms with van der Waals surface area (Å²) in [5, 5.41) is 11.0. The first-order valence-corrected chi connectivity index (χ1v) is 17.0. The van der Waals surface area contributed by atoms with Crippen molar-refractivity contribution in [2.24, 2.45) is 5.92 Å². The van der Waals surface area contributed by atoms with E-state index in [9.17, 15) is 19.2 Å². The molecule has 4 amide bonds. The molecule has 0 unspecified atom stereocenters. The van der Waals surface area contributed by atoms with E-state index in [4.69, 9.17) is 9.47 Å². The van der Waals surface area contributed by atoms with Crippen LogP contribution in [0.3, 0.4) is 0 Å². The van der Waals surface area contributed by atoms with Crippen LogP contribution in [0.2, 0.25) is 0 Å². The number of urea groups is 2. The molecule has 3 aromatic carbocycles. The van der Waals surface area contributed by atoms with Crippen molar-refractivity contribution >= 4 is 47.1 Å². The molecule has 11 heteroatoms. The van der Waals surface area contributed by atoms with Crippen LogP contribution in [0.25, 0.3) is 0 Å². The van der Waals surface area contributed by atoms with Crippen molar-refractivity contribution in [3.05, 3.63) is 95.6 Å². The molecular weight excluding hydrogens is 616 g/mol. The van der Waals surface area contributed by atoms with E-state index in [1.807, 2.05) is 80.8 Å². The highest BCUT2D eigenvalue weighted by Gasteiger charge is 2.30. The summed E-state index contributed by atoms with van der Waals surface area (Å²) in [6.07, 6.45) is 2.98. The number of thioether (sulfide) groups is 1. The minimum atomic E-state index is -0.941. The monoisotopic (exact) mass is 662 g/mol. The number of ether oxygens (including phenoxy) is 2. The minimum Gasteiger partial charge on any atom is -0.458 e. The lowest BCUT2D eigenvalue weighted by atomic mass is 9.96. The van der Waals surface area contributed by atoms with E-state index in [-0.39, 0.29) is 18.8 Å². The third-order valence-electron chi connectivity index (χ3n) is 7.08. The lowest BCUT2D eigenvalue weighted by Crippen LogP contribution is -2.47. The summed E-state index contributed by atoms with van der Waals surface area (Å²) in [6.45, 7) is 9.64. The van der Waals surface area contributed by atoms with Gasteiger partial charge in [0.2, 0.25) is 0 Å². The van der Waals surface area contributed by atoms with Crippen LogP contribution in [-0.4, -0.2) is 53.9 Å². The zero-order chi connectivity index (χ0) is 34.4. The maximum absolute atomic E-state index is 13.3. The Balaban J connectivity index is 1.70. The largest absolute Gasteiger partial charge is 0.458 e. The number of anilines is 2. The number of benzene rings is 3. The molecule has 0 aliphatic heterocycles. The van der Waals surface area contributed by atoms with Crippen LogP contribution in [0.5, 0.6) is 0 Å². The van der Waals surface area contributed by atoms with Crippen molar-refractivity contribution in [1.29, 1.82) is 0 Å². The van der Waals surface area contributed by atoms with Crippen LogP contribution < -0.4 is 21.3 Å². The third kappa shape index (κ3) is 13.0.